The third-order valence-electron chi connectivity index (χ3n) is 5.53. The van der Waals surface area contributed by atoms with Gasteiger partial charge in [0.1, 0.15) is 5.75 Å². The predicted octanol–water partition coefficient (Wildman–Crippen LogP) is 3.04. The Morgan fingerprint density at radius 2 is 1.76 bits per heavy atom. The molecule has 29 heavy (non-hydrogen) atoms. The number of nitrogens with one attached hydrogen (secondary N) is 1. The fourth-order valence-corrected chi connectivity index (χ4v) is 5.47. The fourth-order valence-electron chi connectivity index (χ4n) is 3.96. The standard InChI is InChI=1S/C22H26N2O4S/c25-22(23-20-12-15-28-21-7-3-2-6-19(20)21)16-17-8-10-18(11-9-17)29(26,27)24-13-4-1-5-14-24/h2-3,6-11,20H,1,4-5,12-16H2,(H,23,25)/t20-/m1/s1. The van der Waals surface area contributed by atoms with Crippen molar-refractivity contribution in [3.05, 3.63) is 59.7 Å². The van der Waals surface area contributed by atoms with Crippen molar-refractivity contribution in [2.45, 2.75) is 43.0 Å². The second-order valence-corrected chi connectivity index (χ2v) is 9.52. The lowest BCUT2D eigenvalue weighted by Crippen LogP contribution is -2.35. The first kappa shape index (κ1) is 19.9. The van der Waals surface area contributed by atoms with Gasteiger partial charge in [0, 0.05) is 25.1 Å². The molecular weight excluding hydrogens is 388 g/mol. The van der Waals surface area contributed by atoms with E-state index in [0.29, 0.717) is 24.6 Å². The lowest BCUT2D eigenvalue weighted by atomic mass is 10.00. The smallest absolute Gasteiger partial charge is 0.243 e. The topological polar surface area (TPSA) is 75.7 Å². The van der Waals surface area contributed by atoms with Crippen LogP contribution in [0, 0.1) is 0 Å². The predicted molar refractivity (Wildman–Crippen MR) is 110 cm³/mol. The minimum Gasteiger partial charge on any atom is -0.493 e. The Morgan fingerprint density at radius 3 is 2.52 bits per heavy atom. The van der Waals surface area contributed by atoms with Gasteiger partial charge in [-0.1, -0.05) is 36.8 Å². The van der Waals surface area contributed by atoms with Crippen LogP contribution < -0.4 is 10.1 Å². The molecule has 0 bridgehead atoms. The Kier molecular flexibility index (Phi) is 5.87. The number of benzene rings is 2. The van der Waals surface area contributed by atoms with Crippen molar-refractivity contribution in [2.24, 2.45) is 0 Å². The number of carbonyl (C=O) groups is 1. The summed E-state index contributed by atoms with van der Waals surface area (Å²) < 4.78 is 32.7. The maximum atomic E-state index is 12.7. The number of rotatable bonds is 5. The van der Waals surface area contributed by atoms with Crippen LogP contribution in [0.4, 0.5) is 0 Å². The number of sulfonamides is 1. The maximum Gasteiger partial charge on any atom is 0.243 e. The van der Waals surface area contributed by atoms with Crippen molar-refractivity contribution in [3.8, 4) is 5.75 Å². The third-order valence-corrected chi connectivity index (χ3v) is 7.45. The Hall–Kier alpha value is -2.38. The molecule has 4 rings (SSSR count). The fraction of sp³-hybridized carbons (Fsp3) is 0.409. The normalized spacial score (nSPS) is 19.8. The molecule has 1 N–H and O–H groups in total. The van der Waals surface area contributed by atoms with E-state index in [1.807, 2.05) is 24.3 Å². The number of amides is 1. The largest absolute Gasteiger partial charge is 0.493 e. The molecule has 154 valence electrons. The molecule has 1 fully saturated rings. The number of ether oxygens (including phenoxy) is 1. The first-order valence-corrected chi connectivity index (χ1v) is 11.6. The van der Waals surface area contributed by atoms with Gasteiger partial charge in [-0.15, -0.1) is 0 Å². The Balaban J connectivity index is 1.40. The van der Waals surface area contributed by atoms with Crippen LogP contribution in [0.5, 0.6) is 5.75 Å². The van der Waals surface area contributed by atoms with Crippen molar-refractivity contribution in [1.29, 1.82) is 0 Å². The zero-order chi connectivity index (χ0) is 20.3. The molecule has 0 spiro atoms. The second kappa shape index (κ2) is 8.55. The van der Waals surface area contributed by atoms with Crippen LogP contribution in [0.3, 0.4) is 0 Å². The highest BCUT2D eigenvalue weighted by atomic mass is 32.2. The molecule has 0 aliphatic carbocycles. The van der Waals surface area contributed by atoms with E-state index in [9.17, 15) is 13.2 Å². The van der Waals surface area contributed by atoms with Crippen LogP contribution in [-0.2, 0) is 21.2 Å². The van der Waals surface area contributed by atoms with E-state index in [0.717, 1.165) is 42.6 Å². The Bertz CT molecular complexity index is 967. The molecule has 0 unspecified atom stereocenters. The first-order chi connectivity index (χ1) is 14.0. The molecule has 1 amide bonds. The van der Waals surface area contributed by atoms with Crippen molar-refractivity contribution in [2.75, 3.05) is 19.7 Å². The van der Waals surface area contributed by atoms with Gasteiger partial charge in [0.05, 0.1) is 24.0 Å². The summed E-state index contributed by atoms with van der Waals surface area (Å²) in [5, 5.41) is 3.07. The lowest BCUT2D eigenvalue weighted by Gasteiger charge is -2.26. The van der Waals surface area contributed by atoms with Gasteiger partial charge < -0.3 is 10.1 Å². The molecule has 1 saturated heterocycles. The SMILES string of the molecule is O=C(Cc1ccc(S(=O)(=O)N2CCCCC2)cc1)N[C@@H]1CCOc2ccccc21. The van der Waals surface area contributed by atoms with Crippen LogP contribution in [0.15, 0.2) is 53.4 Å². The van der Waals surface area contributed by atoms with Gasteiger partial charge >= 0.3 is 0 Å². The van der Waals surface area contributed by atoms with Gasteiger partial charge in [-0.2, -0.15) is 4.31 Å². The number of piperidine rings is 1. The van der Waals surface area contributed by atoms with E-state index >= 15 is 0 Å². The summed E-state index contributed by atoms with van der Waals surface area (Å²) in [7, 11) is -3.44. The van der Waals surface area contributed by atoms with Gasteiger partial charge in [0.15, 0.2) is 0 Å². The van der Waals surface area contributed by atoms with E-state index in [1.54, 1.807) is 28.6 Å². The quantitative estimate of drug-likeness (QED) is 0.816. The molecule has 2 heterocycles. The number of carbonyl (C=O) groups excluding carboxylic acids is 1. The molecule has 6 nitrogen and oxygen atoms in total. The highest BCUT2D eigenvalue weighted by molar-refractivity contribution is 7.89. The molecular formula is C22H26N2O4S. The number of para-hydroxylation sites is 1. The molecule has 2 aromatic rings. The van der Waals surface area contributed by atoms with Gasteiger partial charge in [-0.25, -0.2) is 8.42 Å². The molecule has 0 aromatic heterocycles. The molecule has 2 aliphatic heterocycles. The molecule has 2 aromatic carbocycles. The van der Waals surface area contributed by atoms with Crippen molar-refractivity contribution >= 4 is 15.9 Å². The summed E-state index contributed by atoms with van der Waals surface area (Å²) in [6.45, 7) is 1.74. The highest BCUT2D eigenvalue weighted by Gasteiger charge is 2.26. The zero-order valence-corrected chi connectivity index (χ0v) is 17.2. The van der Waals surface area contributed by atoms with E-state index in [4.69, 9.17) is 4.74 Å². The average Bonchev–Trinajstić information content (AvgIpc) is 2.75. The van der Waals surface area contributed by atoms with E-state index in [2.05, 4.69) is 5.32 Å². The minimum absolute atomic E-state index is 0.0637. The summed E-state index contributed by atoms with van der Waals surface area (Å²) in [5.74, 6) is 0.731. The van der Waals surface area contributed by atoms with Crippen molar-refractivity contribution in [1.82, 2.24) is 9.62 Å². The van der Waals surface area contributed by atoms with Crippen molar-refractivity contribution in [3.63, 3.8) is 0 Å². The average molecular weight is 415 g/mol. The first-order valence-electron chi connectivity index (χ1n) is 10.1. The van der Waals surface area contributed by atoms with Crippen LogP contribution in [0.1, 0.15) is 42.9 Å². The van der Waals surface area contributed by atoms with Gasteiger partial charge in [-0.3, -0.25) is 4.79 Å². The molecule has 0 saturated carbocycles. The molecule has 2 aliphatic rings. The number of fused-ring (bicyclic) bond motifs is 1. The van der Waals surface area contributed by atoms with Gasteiger partial charge in [0.2, 0.25) is 15.9 Å². The second-order valence-electron chi connectivity index (χ2n) is 7.58. The summed E-state index contributed by atoms with van der Waals surface area (Å²) >= 11 is 0. The zero-order valence-electron chi connectivity index (χ0n) is 16.3. The summed E-state index contributed by atoms with van der Waals surface area (Å²) in [5.41, 5.74) is 1.79. The molecule has 0 radical (unpaired) electrons. The highest BCUT2D eigenvalue weighted by Crippen LogP contribution is 2.31. The summed E-state index contributed by atoms with van der Waals surface area (Å²) in [4.78, 5) is 12.8. The molecule has 1 atom stereocenters. The number of hydrogen-bond donors (Lipinski definition) is 1. The van der Waals surface area contributed by atoms with Crippen LogP contribution in [-0.4, -0.2) is 38.3 Å². The summed E-state index contributed by atoms with van der Waals surface area (Å²) in [6, 6.07) is 14.4. The monoisotopic (exact) mass is 414 g/mol. The van der Waals surface area contributed by atoms with Crippen LogP contribution >= 0.6 is 0 Å². The number of hydrogen-bond acceptors (Lipinski definition) is 4. The van der Waals surface area contributed by atoms with E-state index in [1.165, 1.54) is 0 Å². The number of nitrogens with zero attached hydrogens (tertiary/aromatic N) is 1. The van der Waals surface area contributed by atoms with Crippen molar-refractivity contribution < 1.29 is 17.9 Å². The maximum absolute atomic E-state index is 12.7. The molecule has 7 heteroatoms. The third kappa shape index (κ3) is 4.46. The van der Waals surface area contributed by atoms with Gasteiger partial charge in [-0.05, 0) is 36.6 Å². The van der Waals surface area contributed by atoms with Crippen LogP contribution in [0.2, 0.25) is 0 Å². The van der Waals surface area contributed by atoms with E-state index in [-0.39, 0.29) is 18.4 Å². The van der Waals surface area contributed by atoms with Crippen LogP contribution in [0.25, 0.3) is 0 Å². The van der Waals surface area contributed by atoms with E-state index < -0.39 is 10.0 Å². The lowest BCUT2D eigenvalue weighted by molar-refractivity contribution is -0.121. The Labute approximate surface area is 171 Å². The summed E-state index contributed by atoms with van der Waals surface area (Å²) in [6.07, 6.45) is 3.84. The van der Waals surface area contributed by atoms with Gasteiger partial charge in [0.25, 0.3) is 0 Å². The Morgan fingerprint density at radius 1 is 1.03 bits per heavy atom. The minimum atomic E-state index is -3.44.